The van der Waals surface area contributed by atoms with Crippen molar-refractivity contribution >= 4 is 68.6 Å². The Kier molecular flexibility index (Phi) is 5.51. The second-order valence-corrected chi connectivity index (χ2v) is 8.85. The highest BCUT2D eigenvalue weighted by atomic mass is 35.5. The monoisotopic (exact) mass is 479 g/mol. The van der Waals surface area contributed by atoms with Crippen LogP contribution in [-0.4, -0.2) is 15.9 Å². The summed E-state index contributed by atoms with van der Waals surface area (Å²) in [6, 6.07) is 18.2. The van der Waals surface area contributed by atoms with E-state index in [2.05, 4.69) is 15.3 Å². The maximum atomic E-state index is 12.9. The van der Waals surface area contributed by atoms with E-state index < -0.39 is 5.91 Å². The largest absolute Gasteiger partial charge is 0.431 e. The van der Waals surface area contributed by atoms with Gasteiger partial charge in [-0.2, -0.15) is 0 Å². The van der Waals surface area contributed by atoms with Gasteiger partial charge in [-0.3, -0.25) is 9.78 Å². The Labute approximate surface area is 197 Å². The lowest BCUT2D eigenvalue weighted by Crippen LogP contribution is -2.13. The Morgan fingerprint density at radius 1 is 1.00 bits per heavy atom. The van der Waals surface area contributed by atoms with Crippen molar-refractivity contribution in [2.24, 2.45) is 0 Å². The van der Waals surface area contributed by atoms with E-state index in [4.69, 9.17) is 27.6 Å². The number of oxazole rings is 1. The van der Waals surface area contributed by atoms with Crippen LogP contribution in [0.4, 0.5) is 5.69 Å². The molecule has 5 rings (SSSR count). The second kappa shape index (κ2) is 8.47. The summed E-state index contributed by atoms with van der Waals surface area (Å²) in [6.07, 6.45) is 1.77. The second-order valence-electron chi connectivity index (χ2n) is 7.07. The van der Waals surface area contributed by atoms with Crippen LogP contribution >= 0.6 is 35.0 Å². The first-order chi connectivity index (χ1) is 15.5. The van der Waals surface area contributed by atoms with E-state index in [1.54, 1.807) is 30.5 Å². The predicted octanol–water partition coefficient (Wildman–Crippen LogP) is 7.39. The lowest BCUT2D eigenvalue weighted by molar-refractivity contribution is 0.102. The number of carbonyl (C=O) groups excluding carboxylic acids is 1. The SMILES string of the molecule is Cc1cnc2c(NC(=O)c3c(Cl)cccc3Cl)cccc2c1Sc1nc2ccccc2o1. The fourth-order valence-electron chi connectivity index (χ4n) is 3.42. The molecule has 2 aromatic heterocycles. The Hall–Kier alpha value is -3.06. The van der Waals surface area contributed by atoms with E-state index in [-0.39, 0.29) is 15.6 Å². The molecule has 1 amide bonds. The topological polar surface area (TPSA) is 68.0 Å². The molecule has 5 aromatic rings. The zero-order valence-electron chi connectivity index (χ0n) is 16.7. The van der Waals surface area contributed by atoms with E-state index in [0.717, 1.165) is 26.9 Å². The van der Waals surface area contributed by atoms with Gasteiger partial charge in [0.2, 0.25) is 0 Å². The molecule has 3 aromatic carbocycles. The van der Waals surface area contributed by atoms with Crippen molar-refractivity contribution < 1.29 is 9.21 Å². The number of nitrogens with one attached hydrogen (secondary N) is 1. The van der Waals surface area contributed by atoms with Crippen molar-refractivity contribution in [3.8, 4) is 0 Å². The standard InChI is InChI=1S/C24H15Cl2N3O2S/c1-13-12-27-21-14(22(13)32-24-29-17-9-2-3-11-19(17)31-24)6-4-10-18(21)28-23(30)20-15(25)7-5-8-16(20)26/h2-12H,1H3,(H,28,30). The molecule has 0 aliphatic carbocycles. The molecule has 0 saturated heterocycles. The molecule has 0 bridgehead atoms. The molecule has 0 radical (unpaired) electrons. The summed E-state index contributed by atoms with van der Waals surface area (Å²) in [5.74, 6) is -0.399. The number of amides is 1. The van der Waals surface area contributed by atoms with Gasteiger partial charge in [0, 0.05) is 16.5 Å². The fraction of sp³-hybridized carbons (Fsp3) is 0.0417. The van der Waals surface area contributed by atoms with Gasteiger partial charge in [0.25, 0.3) is 11.1 Å². The molecule has 0 atom stereocenters. The highest BCUT2D eigenvalue weighted by Crippen LogP contribution is 2.38. The Bertz CT molecular complexity index is 1450. The molecule has 2 heterocycles. The molecule has 32 heavy (non-hydrogen) atoms. The minimum atomic E-state index is -0.399. The van der Waals surface area contributed by atoms with Crippen LogP contribution in [-0.2, 0) is 0 Å². The predicted molar refractivity (Wildman–Crippen MR) is 129 cm³/mol. The summed E-state index contributed by atoms with van der Waals surface area (Å²) in [5.41, 5.74) is 3.94. The number of pyridine rings is 1. The summed E-state index contributed by atoms with van der Waals surface area (Å²) in [5, 5.41) is 4.88. The maximum Gasteiger partial charge on any atom is 0.261 e. The van der Waals surface area contributed by atoms with Crippen LogP contribution in [0.3, 0.4) is 0 Å². The van der Waals surface area contributed by atoms with Crippen molar-refractivity contribution in [2.45, 2.75) is 17.0 Å². The Morgan fingerprint density at radius 3 is 2.53 bits per heavy atom. The average Bonchev–Trinajstić information content (AvgIpc) is 3.18. The summed E-state index contributed by atoms with van der Waals surface area (Å²) < 4.78 is 5.89. The molecule has 158 valence electrons. The molecular weight excluding hydrogens is 465 g/mol. The smallest absolute Gasteiger partial charge is 0.261 e. The third kappa shape index (κ3) is 3.81. The number of nitrogens with zero attached hydrogens (tertiary/aromatic N) is 2. The highest BCUT2D eigenvalue weighted by molar-refractivity contribution is 7.99. The zero-order chi connectivity index (χ0) is 22.2. The first-order valence-corrected chi connectivity index (χ1v) is 11.3. The van der Waals surface area contributed by atoms with Crippen LogP contribution in [0.1, 0.15) is 15.9 Å². The highest BCUT2D eigenvalue weighted by Gasteiger charge is 2.18. The first-order valence-electron chi connectivity index (χ1n) is 9.68. The van der Waals surface area contributed by atoms with Crippen LogP contribution in [0.15, 0.2) is 81.4 Å². The molecule has 0 fully saturated rings. The lowest BCUT2D eigenvalue weighted by atomic mass is 10.1. The summed E-state index contributed by atoms with van der Waals surface area (Å²) in [4.78, 5) is 23.0. The van der Waals surface area contributed by atoms with E-state index in [0.29, 0.717) is 16.4 Å². The van der Waals surface area contributed by atoms with Crippen LogP contribution in [0.25, 0.3) is 22.0 Å². The number of benzene rings is 3. The molecule has 0 aliphatic heterocycles. The number of para-hydroxylation sites is 3. The maximum absolute atomic E-state index is 12.9. The van der Waals surface area contributed by atoms with E-state index >= 15 is 0 Å². The van der Waals surface area contributed by atoms with Crippen molar-refractivity contribution in [1.29, 1.82) is 0 Å². The molecule has 0 spiro atoms. The van der Waals surface area contributed by atoms with Gasteiger partial charge in [-0.1, -0.05) is 53.5 Å². The number of hydrogen-bond acceptors (Lipinski definition) is 5. The molecule has 1 N–H and O–H groups in total. The summed E-state index contributed by atoms with van der Waals surface area (Å²) in [7, 11) is 0. The van der Waals surface area contributed by atoms with Crippen LogP contribution in [0, 0.1) is 6.92 Å². The molecule has 8 heteroatoms. The zero-order valence-corrected chi connectivity index (χ0v) is 19.1. The van der Waals surface area contributed by atoms with Gasteiger partial charge in [0.15, 0.2) is 5.58 Å². The van der Waals surface area contributed by atoms with Gasteiger partial charge >= 0.3 is 0 Å². The van der Waals surface area contributed by atoms with E-state index in [9.17, 15) is 4.79 Å². The number of rotatable bonds is 4. The third-order valence-corrected chi connectivity index (χ3v) is 6.65. The van der Waals surface area contributed by atoms with E-state index in [1.165, 1.54) is 11.8 Å². The number of aryl methyl sites for hydroxylation is 1. The summed E-state index contributed by atoms with van der Waals surface area (Å²) in [6.45, 7) is 1.98. The van der Waals surface area contributed by atoms with Crippen molar-refractivity contribution in [3.63, 3.8) is 0 Å². The van der Waals surface area contributed by atoms with E-state index in [1.807, 2.05) is 43.3 Å². The first kappa shape index (κ1) is 20.8. The van der Waals surface area contributed by atoms with Gasteiger partial charge in [-0.05, 0) is 54.6 Å². The van der Waals surface area contributed by atoms with Crippen molar-refractivity contribution in [1.82, 2.24) is 9.97 Å². The molecule has 5 nitrogen and oxygen atoms in total. The minimum Gasteiger partial charge on any atom is -0.431 e. The molecule has 0 aliphatic rings. The quantitative estimate of drug-likeness (QED) is 0.290. The average molecular weight is 480 g/mol. The van der Waals surface area contributed by atoms with Gasteiger partial charge in [-0.15, -0.1) is 0 Å². The van der Waals surface area contributed by atoms with Crippen LogP contribution < -0.4 is 5.32 Å². The number of carbonyl (C=O) groups is 1. The van der Waals surface area contributed by atoms with Crippen molar-refractivity contribution in [2.75, 3.05) is 5.32 Å². The van der Waals surface area contributed by atoms with Crippen molar-refractivity contribution in [3.05, 3.63) is 88.0 Å². The van der Waals surface area contributed by atoms with Crippen LogP contribution in [0.2, 0.25) is 10.0 Å². The minimum absolute atomic E-state index is 0.223. The summed E-state index contributed by atoms with van der Waals surface area (Å²) >= 11 is 13.8. The Balaban J connectivity index is 1.54. The van der Waals surface area contributed by atoms with Gasteiger partial charge < -0.3 is 9.73 Å². The van der Waals surface area contributed by atoms with Gasteiger partial charge in [-0.25, -0.2) is 4.98 Å². The third-order valence-electron chi connectivity index (χ3n) is 4.93. The number of fused-ring (bicyclic) bond motifs is 2. The molecule has 0 saturated carbocycles. The number of anilines is 1. The Morgan fingerprint density at radius 2 is 1.75 bits per heavy atom. The molecular formula is C24H15Cl2N3O2S. The number of aromatic nitrogens is 2. The fourth-order valence-corrected chi connectivity index (χ4v) is 4.92. The number of hydrogen-bond donors (Lipinski definition) is 1. The normalized spacial score (nSPS) is 11.2. The lowest BCUT2D eigenvalue weighted by Gasteiger charge is -2.13. The van der Waals surface area contributed by atoms with Gasteiger partial charge in [0.05, 0.1) is 26.8 Å². The number of halogens is 2. The van der Waals surface area contributed by atoms with Crippen LogP contribution in [0.5, 0.6) is 0 Å². The van der Waals surface area contributed by atoms with Gasteiger partial charge in [0.1, 0.15) is 5.52 Å². The molecule has 0 unspecified atom stereocenters.